The largest absolute Gasteiger partial charge is 0.400 e. The number of rotatable bonds is 6. The highest BCUT2D eigenvalue weighted by molar-refractivity contribution is 9.10. The molecule has 1 aromatic heterocycles. The number of fused-ring (bicyclic) bond motifs is 1. The molecule has 0 fully saturated rings. The van der Waals surface area contributed by atoms with Gasteiger partial charge in [0.2, 0.25) is 0 Å². The minimum absolute atomic E-state index is 0.195. The number of aromatic amines is 1. The molecule has 7 heteroatoms. The molecule has 0 radical (unpaired) electrons. The van der Waals surface area contributed by atoms with Crippen molar-refractivity contribution in [1.82, 2.24) is 4.98 Å². The van der Waals surface area contributed by atoms with E-state index >= 15 is 0 Å². The molecule has 1 N–H and O–H groups in total. The van der Waals surface area contributed by atoms with Crippen molar-refractivity contribution in [2.75, 3.05) is 0 Å². The van der Waals surface area contributed by atoms with Crippen LogP contribution < -0.4 is 0 Å². The summed E-state index contributed by atoms with van der Waals surface area (Å²) >= 11 is 10.0. The molecule has 2 rings (SSSR count). The van der Waals surface area contributed by atoms with Crippen LogP contribution in [0.3, 0.4) is 0 Å². The molecule has 2 aromatic rings. The predicted octanol–water partition coefficient (Wildman–Crippen LogP) is 3.48. The van der Waals surface area contributed by atoms with Crippen LogP contribution in [0.25, 0.3) is 10.9 Å². The number of hydrogen-bond donors (Lipinski definition) is 1. The van der Waals surface area contributed by atoms with Crippen LogP contribution in [0.1, 0.15) is 19.4 Å². The molecule has 0 amide bonds. The summed E-state index contributed by atoms with van der Waals surface area (Å²) in [5.41, 5.74) is 1.92. The van der Waals surface area contributed by atoms with E-state index in [-0.39, 0.29) is 11.7 Å². The molecular weight excluding hydrogens is 386 g/mol. The normalized spacial score (nSPS) is 15.0. The molecule has 0 spiro atoms. The lowest BCUT2D eigenvalue weighted by atomic mass is 9.84. The Labute approximate surface area is 143 Å². The van der Waals surface area contributed by atoms with Crippen molar-refractivity contribution in [3.8, 4) is 0 Å². The Balaban J connectivity index is 2.55. The van der Waals surface area contributed by atoms with Crippen LogP contribution in [0.4, 0.5) is 0 Å². The van der Waals surface area contributed by atoms with E-state index in [1.165, 1.54) is 0 Å². The zero-order valence-electron chi connectivity index (χ0n) is 12.8. The lowest BCUT2D eigenvalue weighted by Gasteiger charge is -2.34. The minimum Gasteiger partial charge on any atom is -0.400 e. The van der Waals surface area contributed by atoms with E-state index in [1.807, 2.05) is 18.3 Å². The van der Waals surface area contributed by atoms with Crippen LogP contribution in [0.2, 0.25) is 18.1 Å². The molecule has 0 atom stereocenters. The molecule has 0 unspecified atom stereocenters. The van der Waals surface area contributed by atoms with E-state index in [0.29, 0.717) is 0 Å². The second kappa shape index (κ2) is 6.97. The summed E-state index contributed by atoms with van der Waals surface area (Å²) < 4.78 is 12.8. The van der Waals surface area contributed by atoms with Gasteiger partial charge in [-0.15, -0.1) is 0 Å². The maximum Gasteiger partial charge on any atom is 0.161 e. The maximum atomic E-state index is 6.51. The molecule has 0 saturated heterocycles. The van der Waals surface area contributed by atoms with Crippen LogP contribution in [-0.4, -0.2) is 30.8 Å². The van der Waals surface area contributed by atoms with Crippen molar-refractivity contribution < 1.29 is 8.85 Å². The average Bonchev–Trinajstić information content (AvgIpc) is 2.88. The third-order valence-corrected chi connectivity index (χ3v) is 6.21. The third kappa shape index (κ3) is 3.30. The molecule has 0 aliphatic heterocycles. The molecule has 0 aliphatic carbocycles. The van der Waals surface area contributed by atoms with E-state index in [9.17, 15) is 0 Å². The number of nitrogens with one attached hydrogen (secondary N) is 1. The van der Waals surface area contributed by atoms with Crippen molar-refractivity contribution >= 4 is 58.0 Å². The second-order valence-electron chi connectivity index (χ2n) is 5.45. The SMILES string of the molecule is C[SiH2]OC(O[SiH2]C)C(C)(C)c1c[nH]c2ccc(Br)c(Cl)c12. The zero-order chi connectivity index (χ0) is 15.6. The summed E-state index contributed by atoms with van der Waals surface area (Å²) in [6.07, 6.45) is 1.83. The fraction of sp³-hybridized carbons (Fsp3) is 0.429. The van der Waals surface area contributed by atoms with Gasteiger partial charge in [0.25, 0.3) is 0 Å². The molecule has 1 aromatic carbocycles. The Kier molecular flexibility index (Phi) is 5.73. The molecule has 0 aliphatic rings. The lowest BCUT2D eigenvalue weighted by molar-refractivity contribution is -0.0428. The van der Waals surface area contributed by atoms with Crippen LogP contribution in [0.15, 0.2) is 22.8 Å². The van der Waals surface area contributed by atoms with Gasteiger partial charge in [-0.1, -0.05) is 38.5 Å². The average molecular weight is 407 g/mol. The van der Waals surface area contributed by atoms with Crippen molar-refractivity contribution in [2.24, 2.45) is 0 Å². The maximum absolute atomic E-state index is 6.51. The van der Waals surface area contributed by atoms with Crippen molar-refractivity contribution in [1.29, 1.82) is 0 Å². The molecular formula is C14H21BrClNO2Si2. The van der Waals surface area contributed by atoms with Gasteiger partial charge in [0.05, 0.1) is 5.02 Å². The van der Waals surface area contributed by atoms with Gasteiger partial charge in [0.15, 0.2) is 19.5 Å². The van der Waals surface area contributed by atoms with Crippen LogP contribution in [0, 0.1) is 0 Å². The van der Waals surface area contributed by atoms with Gasteiger partial charge in [0, 0.05) is 27.0 Å². The highest BCUT2D eigenvalue weighted by atomic mass is 79.9. The summed E-state index contributed by atoms with van der Waals surface area (Å²) in [6.45, 7) is 8.57. The molecule has 116 valence electrons. The van der Waals surface area contributed by atoms with Gasteiger partial charge in [-0.3, -0.25) is 0 Å². The fourth-order valence-electron chi connectivity index (χ4n) is 2.56. The summed E-state index contributed by atoms with van der Waals surface area (Å²) in [7, 11) is -1.09. The van der Waals surface area contributed by atoms with Gasteiger partial charge in [-0.05, 0) is 33.6 Å². The minimum atomic E-state index is -0.546. The quantitative estimate of drug-likeness (QED) is 0.588. The number of benzene rings is 1. The van der Waals surface area contributed by atoms with Crippen LogP contribution >= 0.6 is 27.5 Å². The number of hydrogen-bond acceptors (Lipinski definition) is 2. The number of H-pyrrole nitrogens is 1. The molecule has 0 bridgehead atoms. The standard InChI is InChI=1S/C14H21BrClNO2Si2/c1-14(2,13(18-20-3)19-21-4)8-7-17-10-6-5-9(15)12(16)11(8)10/h5-7,13,17H,20-21H2,1-4H3. The Morgan fingerprint density at radius 3 is 2.43 bits per heavy atom. The zero-order valence-corrected chi connectivity index (χ0v) is 18.0. The van der Waals surface area contributed by atoms with Crippen LogP contribution in [0.5, 0.6) is 0 Å². The number of aromatic nitrogens is 1. The van der Waals surface area contributed by atoms with Gasteiger partial charge in [0.1, 0.15) is 6.29 Å². The number of halogens is 2. The highest BCUT2D eigenvalue weighted by Gasteiger charge is 2.35. The monoisotopic (exact) mass is 405 g/mol. The first-order valence-corrected chi connectivity index (χ1v) is 12.3. The molecule has 21 heavy (non-hydrogen) atoms. The van der Waals surface area contributed by atoms with Gasteiger partial charge < -0.3 is 13.8 Å². The first-order chi connectivity index (χ1) is 9.93. The highest BCUT2D eigenvalue weighted by Crippen LogP contribution is 2.40. The van der Waals surface area contributed by atoms with E-state index < -0.39 is 19.5 Å². The Morgan fingerprint density at radius 1 is 1.24 bits per heavy atom. The molecule has 0 saturated carbocycles. The topological polar surface area (TPSA) is 34.2 Å². The smallest absolute Gasteiger partial charge is 0.161 e. The van der Waals surface area contributed by atoms with Crippen molar-refractivity contribution in [2.45, 2.75) is 38.6 Å². The summed E-state index contributed by atoms with van der Waals surface area (Å²) in [5, 5.41) is 1.78. The van der Waals surface area contributed by atoms with E-state index in [2.05, 4.69) is 47.9 Å². The molecule has 1 heterocycles. The summed E-state index contributed by atoms with van der Waals surface area (Å²) in [4.78, 5) is 3.31. The van der Waals surface area contributed by atoms with E-state index in [4.69, 9.17) is 20.5 Å². The van der Waals surface area contributed by atoms with E-state index in [0.717, 1.165) is 26.0 Å². The van der Waals surface area contributed by atoms with Crippen molar-refractivity contribution in [3.05, 3.63) is 33.4 Å². The lowest BCUT2D eigenvalue weighted by Crippen LogP contribution is -2.39. The van der Waals surface area contributed by atoms with E-state index in [1.54, 1.807) is 0 Å². The van der Waals surface area contributed by atoms with Gasteiger partial charge >= 0.3 is 0 Å². The Morgan fingerprint density at radius 2 is 1.86 bits per heavy atom. The summed E-state index contributed by atoms with van der Waals surface area (Å²) in [6, 6.07) is 3.99. The third-order valence-electron chi connectivity index (χ3n) is 3.66. The van der Waals surface area contributed by atoms with Crippen LogP contribution in [-0.2, 0) is 14.3 Å². The predicted molar refractivity (Wildman–Crippen MR) is 98.8 cm³/mol. The fourth-order valence-corrected chi connectivity index (χ4v) is 4.98. The summed E-state index contributed by atoms with van der Waals surface area (Å²) in [5.74, 6) is 0. The van der Waals surface area contributed by atoms with Gasteiger partial charge in [-0.25, -0.2) is 0 Å². The van der Waals surface area contributed by atoms with Crippen molar-refractivity contribution in [3.63, 3.8) is 0 Å². The Bertz CT molecular complexity index is 627. The van der Waals surface area contributed by atoms with Gasteiger partial charge in [-0.2, -0.15) is 0 Å². The first-order valence-electron chi connectivity index (χ1n) is 7.12. The first kappa shape index (κ1) is 17.2. The molecule has 3 nitrogen and oxygen atoms in total. The Hall–Kier alpha value is -0.116. The second-order valence-corrected chi connectivity index (χ2v) is 8.50.